The predicted octanol–water partition coefficient (Wildman–Crippen LogP) is 0.963. The summed E-state index contributed by atoms with van der Waals surface area (Å²) in [6.07, 6.45) is 2.13. The Hall–Kier alpha value is -1.95. The number of carbonyl (C=O) groups is 1. The van der Waals surface area contributed by atoms with E-state index >= 15 is 0 Å². The number of hydrogen-bond donors (Lipinski definition) is 2. The number of non-ortho nitro benzene ring substituents is 1. The van der Waals surface area contributed by atoms with Gasteiger partial charge in [0.25, 0.3) is 5.69 Å². The molecule has 6 heteroatoms. The van der Waals surface area contributed by atoms with E-state index in [1.165, 1.54) is 12.1 Å². The van der Waals surface area contributed by atoms with Crippen LogP contribution in [0.5, 0.6) is 0 Å². The molecule has 1 fully saturated rings. The van der Waals surface area contributed by atoms with E-state index in [-0.39, 0.29) is 18.1 Å². The maximum atomic E-state index is 11.4. The zero-order valence-corrected chi connectivity index (χ0v) is 9.89. The number of nitrogens with one attached hydrogen (secondary N) is 2. The molecular weight excluding hydrogens is 234 g/mol. The molecule has 0 spiro atoms. The Balaban J connectivity index is 1.76. The second-order valence-electron chi connectivity index (χ2n) is 4.37. The van der Waals surface area contributed by atoms with Crippen LogP contribution in [0.2, 0.25) is 0 Å². The van der Waals surface area contributed by atoms with Crippen LogP contribution in [0.15, 0.2) is 24.3 Å². The van der Waals surface area contributed by atoms with Crippen LogP contribution in [0.4, 0.5) is 5.69 Å². The van der Waals surface area contributed by atoms with Crippen LogP contribution < -0.4 is 10.6 Å². The zero-order valence-electron chi connectivity index (χ0n) is 9.89. The first-order valence-electron chi connectivity index (χ1n) is 5.88. The highest BCUT2D eigenvalue weighted by atomic mass is 16.6. The molecule has 96 valence electrons. The molecule has 1 aromatic rings. The highest BCUT2D eigenvalue weighted by molar-refractivity contribution is 5.78. The van der Waals surface area contributed by atoms with E-state index in [9.17, 15) is 14.9 Å². The van der Waals surface area contributed by atoms with Crippen molar-refractivity contribution in [3.63, 3.8) is 0 Å². The van der Waals surface area contributed by atoms with Crippen LogP contribution in [0.25, 0.3) is 0 Å². The van der Waals surface area contributed by atoms with Crippen LogP contribution in [0.3, 0.4) is 0 Å². The Kier molecular flexibility index (Phi) is 3.88. The second-order valence-corrected chi connectivity index (χ2v) is 4.37. The highest BCUT2D eigenvalue weighted by Gasteiger charge is 2.22. The number of carbonyl (C=O) groups excluding carboxylic acids is 1. The molecule has 1 aromatic carbocycles. The third-order valence-electron chi connectivity index (χ3n) is 2.68. The van der Waals surface area contributed by atoms with Crippen LogP contribution >= 0.6 is 0 Å². The SMILES string of the molecule is O=C(CNCc1cccc([N+](=O)[O-])c1)NC1CC1. The molecule has 0 aromatic heterocycles. The lowest BCUT2D eigenvalue weighted by Crippen LogP contribution is -2.34. The molecule has 0 heterocycles. The van der Waals surface area contributed by atoms with E-state index in [4.69, 9.17) is 0 Å². The van der Waals surface area contributed by atoms with Gasteiger partial charge >= 0.3 is 0 Å². The van der Waals surface area contributed by atoms with Gasteiger partial charge in [-0.3, -0.25) is 14.9 Å². The molecule has 0 unspecified atom stereocenters. The molecule has 1 aliphatic carbocycles. The summed E-state index contributed by atoms with van der Waals surface area (Å²) in [7, 11) is 0. The second kappa shape index (κ2) is 5.59. The van der Waals surface area contributed by atoms with Gasteiger partial charge in [0, 0.05) is 24.7 Å². The number of rotatable bonds is 6. The summed E-state index contributed by atoms with van der Waals surface area (Å²) in [5, 5.41) is 16.4. The average molecular weight is 249 g/mol. The summed E-state index contributed by atoms with van der Waals surface area (Å²) in [6.45, 7) is 0.680. The van der Waals surface area contributed by atoms with E-state index < -0.39 is 4.92 Å². The number of amides is 1. The van der Waals surface area contributed by atoms with Crippen molar-refractivity contribution in [3.8, 4) is 0 Å². The highest BCUT2D eigenvalue weighted by Crippen LogP contribution is 2.18. The zero-order chi connectivity index (χ0) is 13.0. The summed E-state index contributed by atoms with van der Waals surface area (Å²) in [4.78, 5) is 21.5. The van der Waals surface area contributed by atoms with Crippen molar-refractivity contribution >= 4 is 11.6 Å². The molecule has 0 bridgehead atoms. The fraction of sp³-hybridized carbons (Fsp3) is 0.417. The van der Waals surface area contributed by atoms with E-state index in [1.54, 1.807) is 12.1 Å². The van der Waals surface area contributed by atoms with Crippen LogP contribution in [-0.4, -0.2) is 23.4 Å². The van der Waals surface area contributed by atoms with Crippen molar-refractivity contribution in [2.75, 3.05) is 6.54 Å². The van der Waals surface area contributed by atoms with Crippen molar-refractivity contribution < 1.29 is 9.72 Å². The maximum Gasteiger partial charge on any atom is 0.269 e. The third kappa shape index (κ3) is 3.81. The normalized spacial score (nSPS) is 14.2. The number of benzene rings is 1. The molecule has 0 atom stereocenters. The fourth-order valence-electron chi connectivity index (χ4n) is 1.61. The number of nitro groups is 1. The lowest BCUT2D eigenvalue weighted by atomic mass is 10.2. The molecule has 0 aliphatic heterocycles. The standard InChI is InChI=1S/C12H15N3O3/c16-12(14-10-4-5-10)8-13-7-9-2-1-3-11(6-9)15(17)18/h1-3,6,10,13H,4-5,7-8H2,(H,14,16). The molecule has 2 rings (SSSR count). The van der Waals surface area contributed by atoms with E-state index in [0.29, 0.717) is 12.6 Å². The number of nitro benzene ring substituents is 1. The van der Waals surface area contributed by atoms with Gasteiger partial charge in [0.05, 0.1) is 11.5 Å². The minimum atomic E-state index is -0.427. The summed E-state index contributed by atoms with van der Waals surface area (Å²) < 4.78 is 0. The van der Waals surface area contributed by atoms with Crippen LogP contribution in [0.1, 0.15) is 18.4 Å². The summed E-state index contributed by atoms with van der Waals surface area (Å²) >= 11 is 0. The molecule has 1 amide bonds. The molecule has 1 aliphatic rings. The quantitative estimate of drug-likeness (QED) is 0.581. The Morgan fingerprint density at radius 2 is 2.22 bits per heavy atom. The van der Waals surface area contributed by atoms with Gasteiger partial charge in [-0.15, -0.1) is 0 Å². The minimum absolute atomic E-state index is 0.0251. The first-order valence-corrected chi connectivity index (χ1v) is 5.88. The van der Waals surface area contributed by atoms with Crippen molar-refractivity contribution in [2.24, 2.45) is 0 Å². The minimum Gasteiger partial charge on any atom is -0.352 e. The Labute approximate surface area is 105 Å². The molecule has 6 nitrogen and oxygen atoms in total. The Morgan fingerprint density at radius 3 is 2.89 bits per heavy atom. The maximum absolute atomic E-state index is 11.4. The number of nitrogens with zero attached hydrogens (tertiary/aromatic N) is 1. The van der Waals surface area contributed by atoms with Crippen LogP contribution in [-0.2, 0) is 11.3 Å². The molecule has 0 saturated heterocycles. The summed E-state index contributed by atoms with van der Waals surface area (Å²) in [5.41, 5.74) is 0.861. The summed E-state index contributed by atoms with van der Waals surface area (Å²) in [5.74, 6) is -0.0251. The van der Waals surface area contributed by atoms with E-state index in [1.807, 2.05) is 0 Å². The van der Waals surface area contributed by atoms with Crippen molar-refractivity contribution in [1.29, 1.82) is 0 Å². The Morgan fingerprint density at radius 1 is 1.44 bits per heavy atom. The summed E-state index contributed by atoms with van der Waals surface area (Å²) in [6, 6.07) is 6.74. The monoisotopic (exact) mass is 249 g/mol. The van der Waals surface area contributed by atoms with Gasteiger partial charge in [-0.25, -0.2) is 0 Å². The van der Waals surface area contributed by atoms with E-state index in [0.717, 1.165) is 18.4 Å². The molecule has 1 saturated carbocycles. The smallest absolute Gasteiger partial charge is 0.269 e. The molecule has 0 radical (unpaired) electrons. The van der Waals surface area contributed by atoms with Crippen molar-refractivity contribution in [2.45, 2.75) is 25.4 Å². The first kappa shape index (κ1) is 12.5. The van der Waals surface area contributed by atoms with Gasteiger partial charge in [0.15, 0.2) is 0 Å². The van der Waals surface area contributed by atoms with Crippen molar-refractivity contribution in [1.82, 2.24) is 10.6 Å². The van der Waals surface area contributed by atoms with E-state index in [2.05, 4.69) is 10.6 Å². The van der Waals surface area contributed by atoms with Gasteiger partial charge in [-0.05, 0) is 18.4 Å². The first-order chi connectivity index (χ1) is 8.65. The topological polar surface area (TPSA) is 84.3 Å². The molecule has 2 N–H and O–H groups in total. The van der Waals surface area contributed by atoms with Gasteiger partial charge < -0.3 is 10.6 Å². The number of hydrogen-bond acceptors (Lipinski definition) is 4. The van der Waals surface area contributed by atoms with Crippen molar-refractivity contribution in [3.05, 3.63) is 39.9 Å². The Bertz CT molecular complexity index is 458. The van der Waals surface area contributed by atoms with Gasteiger partial charge in [-0.2, -0.15) is 0 Å². The molecular formula is C12H15N3O3. The third-order valence-corrected chi connectivity index (χ3v) is 2.68. The lowest BCUT2D eigenvalue weighted by molar-refractivity contribution is -0.384. The van der Waals surface area contributed by atoms with Gasteiger partial charge in [0.2, 0.25) is 5.91 Å². The van der Waals surface area contributed by atoms with Crippen LogP contribution in [0, 0.1) is 10.1 Å². The lowest BCUT2D eigenvalue weighted by Gasteiger charge is -2.05. The van der Waals surface area contributed by atoms with Gasteiger partial charge in [-0.1, -0.05) is 12.1 Å². The fourth-order valence-corrected chi connectivity index (χ4v) is 1.61. The predicted molar refractivity (Wildman–Crippen MR) is 66.0 cm³/mol. The molecule has 18 heavy (non-hydrogen) atoms. The largest absolute Gasteiger partial charge is 0.352 e. The average Bonchev–Trinajstić information content (AvgIpc) is 3.13. The van der Waals surface area contributed by atoms with Gasteiger partial charge in [0.1, 0.15) is 0 Å².